The van der Waals surface area contributed by atoms with Crippen molar-refractivity contribution in [3.63, 3.8) is 0 Å². The normalized spacial score (nSPS) is 10.0. The van der Waals surface area contributed by atoms with Gasteiger partial charge in [0.05, 0.1) is 17.2 Å². The van der Waals surface area contributed by atoms with Crippen LogP contribution in [0.2, 0.25) is 0 Å². The van der Waals surface area contributed by atoms with E-state index in [0.29, 0.717) is 11.3 Å². The predicted molar refractivity (Wildman–Crippen MR) is 76.6 cm³/mol. The molecule has 0 aromatic heterocycles. The summed E-state index contributed by atoms with van der Waals surface area (Å²) in [5.74, 6) is -0.542. The molecule has 0 bridgehead atoms. The standard InChI is InChI=1S/C17H14FNO2/c1-11-7-13(9-19)3-4-14(11)10-21-15-5-6-16(12(2)20)17(18)8-15/h3-8H,10H2,1-2H3. The molecular formula is C17H14FNO2. The van der Waals surface area contributed by atoms with E-state index in [4.69, 9.17) is 10.00 Å². The summed E-state index contributed by atoms with van der Waals surface area (Å²) in [6, 6.07) is 11.6. The fourth-order valence-corrected chi connectivity index (χ4v) is 1.96. The first kappa shape index (κ1) is 14.7. The number of rotatable bonds is 4. The zero-order valence-corrected chi connectivity index (χ0v) is 11.8. The Morgan fingerprint density at radius 2 is 2.05 bits per heavy atom. The second-order valence-corrected chi connectivity index (χ2v) is 4.74. The number of hydrogen-bond acceptors (Lipinski definition) is 3. The summed E-state index contributed by atoms with van der Waals surface area (Å²) in [4.78, 5) is 11.2. The van der Waals surface area contributed by atoms with Crippen molar-refractivity contribution >= 4 is 5.78 Å². The molecule has 0 heterocycles. The highest BCUT2D eigenvalue weighted by Gasteiger charge is 2.09. The molecule has 2 aromatic rings. The summed E-state index contributed by atoms with van der Waals surface area (Å²) in [5.41, 5.74) is 2.50. The van der Waals surface area contributed by atoms with Crippen LogP contribution in [0.1, 0.15) is 34.0 Å². The summed E-state index contributed by atoms with van der Waals surface area (Å²) in [7, 11) is 0. The third-order valence-corrected chi connectivity index (χ3v) is 3.19. The van der Waals surface area contributed by atoms with E-state index in [1.165, 1.54) is 19.1 Å². The smallest absolute Gasteiger partial charge is 0.162 e. The van der Waals surface area contributed by atoms with Crippen molar-refractivity contribution in [1.82, 2.24) is 0 Å². The molecule has 0 radical (unpaired) electrons. The van der Waals surface area contributed by atoms with Gasteiger partial charge in [-0.05, 0) is 49.2 Å². The van der Waals surface area contributed by atoms with Gasteiger partial charge in [-0.15, -0.1) is 0 Å². The molecule has 21 heavy (non-hydrogen) atoms. The van der Waals surface area contributed by atoms with Crippen LogP contribution in [0.15, 0.2) is 36.4 Å². The zero-order chi connectivity index (χ0) is 15.4. The minimum atomic E-state index is -0.587. The molecule has 0 atom stereocenters. The van der Waals surface area contributed by atoms with E-state index in [2.05, 4.69) is 6.07 Å². The van der Waals surface area contributed by atoms with Crippen LogP contribution < -0.4 is 4.74 Å². The van der Waals surface area contributed by atoms with Crippen LogP contribution in [0.5, 0.6) is 5.75 Å². The lowest BCUT2D eigenvalue weighted by atomic mass is 10.1. The second kappa shape index (κ2) is 6.19. The van der Waals surface area contributed by atoms with Crippen LogP contribution in [-0.4, -0.2) is 5.78 Å². The first-order valence-electron chi connectivity index (χ1n) is 6.44. The van der Waals surface area contributed by atoms with Gasteiger partial charge in [0.1, 0.15) is 18.2 Å². The fraction of sp³-hybridized carbons (Fsp3) is 0.176. The summed E-state index contributed by atoms with van der Waals surface area (Å²) >= 11 is 0. The van der Waals surface area contributed by atoms with Crippen LogP contribution in [0.25, 0.3) is 0 Å². The first-order valence-corrected chi connectivity index (χ1v) is 6.44. The van der Waals surface area contributed by atoms with Gasteiger partial charge in [-0.1, -0.05) is 6.07 Å². The second-order valence-electron chi connectivity index (χ2n) is 4.74. The van der Waals surface area contributed by atoms with Gasteiger partial charge in [0.15, 0.2) is 5.78 Å². The number of nitriles is 1. The van der Waals surface area contributed by atoms with Crippen molar-refractivity contribution in [1.29, 1.82) is 5.26 Å². The fourth-order valence-electron chi connectivity index (χ4n) is 1.96. The van der Waals surface area contributed by atoms with Gasteiger partial charge >= 0.3 is 0 Å². The number of ether oxygens (including phenoxy) is 1. The topological polar surface area (TPSA) is 50.1 Å². The van der Waals surface area contributed by atoms with Crippen LogP contribution in [0, 0.1) is 24.1 Å². The number of nitrogens with zero attached hydrogens (tertiary/aromatic N) is 1. The van der Waals surface area contributed by atoms with E-state index in [0.717, 1.165) is 11.1 Å². The van der Waals surface area contributed by atoms with Crippen LogP contribution in [0.3, 0.4) is 0 Å². The Kier molecular flexibility index (Phi) is 4.34. The molecule has 0 aliphatic carbocycles. The minimum absolute atomic E-state index is 0.0527. The maximum atomic E-state index is 13.7. The van der Waals surface area contributed by atoms with Gasteiger partial charge < -0.3 is 4.74 Å². The van der Waals surface area contributed by atoms with E-state index in [9.17, 15) is 9.18 Å². The minimum Gasteiger partial charge on any atom is -0.489 e. The average molecular weight is 283 g/mol. The van der Waals surface area contributed by atoms with Crippen molar-refractivity contribution in [3.8, 4) is 11.8 Å². The number of Topliss-reactive ketones (excluding diaryl/α,β-unsaturated/α-hetero) is 1. The first-order chi connectivity index (χ1) is 10.0. The van der Waals surface area contributed by atoms with Crippen LogP contribution in [-0.2, 0) is 6.61 Å². The number of carbonyl (C=O) groups excluding carboxylic acids is 1. The van der Waals surface area contributed by atoms with Gasteiger partial charge in [-0.25, -0.2) is 4.39 Å². The van der Waals surface area contributed by atoms with Gasteiger partial charge in [0.2, 0.25) is 0 Å². The monoisotopic (exact) mass is 283 g/mol. The highest BCUT2D eigenvalue weighted by molar-refractivity contribution is 5.94. The highest BCUT2D eigenvalue weighted by atomic mass is 19.1. The summed E-state index contributed by atoms with van der Waals surface area (Å²) in [5, 5.41) is 8.81. The van der Waals surface area contributed by atoms with Crippen LogP contribution >= 0.6 is 0 Å². The van der Waals surface area contributed by atoms with E-state index >= 15 is 0 Å². The lowest BCUT2D eigenvalue weighted by molar-refractivity contribution is 0.101. The van der Waals surface area contributed by atoms with Crippen molar-refractivity contribution in [3.05, 3.63) is 64.5 Å². The molecule has 0 saturated heterocycles. The Balaban J connectivity index is 2.12. The third kappa shape index (κ3) is 3.46. The van der Waals surface area contributed by atoms with Gasteiger partial charge in [-0.3, -0.25) is 4.79 Å². The SMILES string of the molecule is CC(=O)c1ccc(OCc2ccc(C#N)cc2C)cc1F. The maximum absolute atomic E-state index is 13.7. The summed E-state index contributed by atoms with van der Waals surface area (Å²) < 4.78 is 19.2. The maximum Gasteiger partial charge on any atom is 0.162 e. The van der Waals surface area contributed by atoms with E-state index < -0.39 is 5.82 Å². The Labute approximate surface area is 122 Å². The molecular weight excluding hydrogens is 269 g/mol. The van der Waals surface area contributed by atoms with E-state index in [1.54, 1.807) is 18.2 Å². The third-order valence-electron chi connectivity index (χ3n) is 3.19. The van der Waals surface area contributed by atoms with Gasteiger partial charge in [0.25, 0.3) is 0 Å². The number of aryl methyl sites for hydroxylation is 1. The largest absolute Gasteiger partial charge is 0.489 e. The average Bonchev–Trinajstić information content (AvgIpc) is 2.45. The molecule has 0 fully saturated rings. The van der Waals surface area contributed by atoms with Crippen molar-refractivity contribution < 1.29 is 13.9 Å². The summed E-state index contributed by atoms with van der Waals surface area (Å²) in [6.45, 7) is 3.48. The number of halogens is 1. The Hall–Kier alpha value is -2.67. The molecule has 106 valence electrons. The number of carbonyl (C=O) groups is 1. The highest BCUT2D eigenvalue weighted by Crippen LogP contribution is 2.19. The Morgan fingerprint density at radius 3 is 2.62 bits per heavy atom. The molecule has 2 aromatic carbocycles. The number of hydrogen-bond donors (Lipinski definition) is 0. The molecule has 0 aliphatic rings. The Bertz CT molecular complexity index is 732. The molecule has 3 nitrogen and oxygen atoms in total. The molecule has 0 aliphatic heterocycles. The molecule has 0 N–H and O–H groups in total. The van der Waals surface area contributed by atoms with Crippen LogP contribution in [0.4, 0.5) is 4.39 Å². The molecule has 2 rings (SSSR count). The number of benzene rings is 2. The molecule has 0 saturated carbocycles. The van der Waals surface area contributed by atoms with Gasteiger partial charge in [-0.2, -0.15) is 5.26 Å². The molecule has 0 spiro atoms. The Morgan fingerprint density at radius 1 is 1.29 bits per heavy atom. The van der Waals surface area contributed by atoms with Crippen molar-refractivity contribution in [2.24, 2.45) is 0 Å². The van der Waals surface area contributed by atoms with Gasteiger partial charge in [0, 0.05) is 6.07 Å². The van der Waals surface area contributed by atoms with E-state index in [-0.39, 0.29) is 18.0 Å². The lowest BCUT2D eigenvalue weighted by Gasteiger charge is -2.10. The quantitative estimate of drug-likeness (QED) is 0.802. The predicted octanol–water partition coefficient (Wildman–Crippen LogP) is 3.79. The zero-order valence-electron chi connectivity index (χ0n) is 11.8. The number of ketones is 1. The van der Waals surface area contributed by atoms with Crippen molar-refractivity contribution in [2.75, 3.05) is 0 Å². The van der Waals surface area contributed by atoms with Crippen molar-refractivity contribution in [2.45, 2.75) is 20.5 Å². The lowest BCUT2D eigenvalue weighted by Crippen LogP contribution is -2.01. The molecule has 4 heteroatoms. The van der Waals surface area contributed by atoms with E-state index in [1.807, 2.05) is 13.0 Å². The summed E-state index contributed by atoms with van der Waals surface area (Å²) in [6.07, 6.45) is 0. The molecule has 0 amide bonds. The molecule has 0 unspecified atom stereocenters.